The largest absolute Gasteiger partial charge is 0.507 e. The molecule has 0 aromatic heterocycles. The Morgan fingerprint density at radius 3 is 2.56 bits per heavy atom. The minimum atomic E-state index is -0.612. The zero-order valence-corrected chi connectivity index (χ0v) is 15.8. The molecule has 0 atom stereocenters. The highest BCUT2D eigenvalue weighted by Gasteiger charge is 2.33. The number of nitrogens with zero attached hydrogens (tertiary/aromatic N) is 1. The molecule has 1 saturated heterocycles. The minimum absolute atomic E-state index is 0.0634. The van der Waals surface area contributed by atoms with Crippen molar-refractivity contribution in [3.05, 3.63) is 69.0 Å². The van der Waals surface area contributed by atoms with Crippen LogP contribution in [-0.2, 0) is 0 Å². The van der Waals surface area contributed by atoms with Gasteiger partial charge in [0.25, 0.3) is 5.91 Å². The number of benzene rings is 2. The van der Waals surface area contributed by atoms with Crippen LogP contribution >= 0.6 is 39.9 Å². The molecule has 126 valence electrons. The third-order valence-corrected chi connectivity index (χ3v) is 5.27. The highest BCUT2D eigenvalue weighted by Crippen LogP contribution is 2.32. The lowest BCUT2D eigenvalue weighted by molar-refractivity contribution is 0.0893. The number of rotatable bonds is 3. The first kappa shape index (κ1) is 17.7. The minimum Gasteiger partial charge on any atom is -0.507 e. The third-order valence-electron chi connectivity index (χ3n) is 3.32. The van der Waals surface area contributed by atoms with Crippen LogP contribution in [0.15, 0.2) is 57.9 Å². The maximum atomic E-state index is 12.3. The first-order chi connectivity index (χ1) is 12.0. The zero-order valence-electron chi connectivity index (χ0n) is 12.6. The molecule has 8 heteroatoms. The molecule has 0 radical (unpaired) electrons. The van der Waals surface area contributed by atoms with E-state index in [1.165, 1.54) is 12.1 Å². The van der Waals surface area contributed by atoms with Gasteiger partial charge in [0.15, 0.2) is 0 Å². The molecule has 1 heterocycles. The van der Waals surface area contributed by atoms with Gasteiger partial charge in [0.1, 0.15) is 10.7 Å². The van der Waals surface area contributed by atoms with Crippen molar-refractivity contribution in [2.24, 2.45) is 0 Å². The summed E-state index contributed by atoms with van der Waals surface area (Å²) in [7, 11) is 0. The van der Waals surface area contributed by atoms with Crippen LogP contribution in [0.2, 0.25) is 0 Å². The Labute approximate surface area is 161 Å². The number of thiocarbonyl (C=S) groups is 1. The number of carbonyl (C=O) groups excluding carboxylic acids is 2. The van der Waals surface area contributed by atoms with Crippen LogP contribution < -0.4 is 5.43 Å². The SMILES string of the molecule is O=C(NN1C(=O)SC(=Cc2ccc(Br)cc2)C1=S)c1ccccc1O. The maximum absolute atomic E-state index is 12.3. The van der Waals surface area contributed by atoms with Crippen molar-refractivity contribution in [1.29, 1.82) is 0 Å². The van der Waals surface area contributed by atoms with Gasteiger partial charge in [-0.1, -0.05) is 52.4 Å². The monoisotopic (exact) mass is 434 g/mol. The Balaban J connectivity index is 1.79. The van der Waals surface area contributed by atoms with Gasteiger partial charge >= 0.3 is 5.24 Å². The lowest BCUT2D eigenvalue weighted by Crippen LogP contribution is -2.44. The molecule has 0 saturated carbocycles. The van der Waals surface area contributed by atoms with Crippen LogP contribution in [0, 0.1) is 0 Å². The second kappa shape index (κ2) is 7.38. The summed E-state index contributed by atoms with van der Waals surface area (Å²) in [6, 6.07) is 13.6. The summed E-state index contributed by atoms with van der Waals surface area (Å²) < 4.78 is 0.948. The van der Waals surface area contributed by atoms with Crippen LogP contribution in [0.25, 0.3) is 6.08 Å². The number of amides is 2. The lowest BCUT2D eigenvalue weighted by atomic mass is 10.2. The van der Waals surface area contributed by atoms with E-state index in [0.717, 1.165) is 26.8 Å². The molecule has 2 aromatic carbocycles. The molecule has 2 amide bonds. The van der Waals surface area contributed by atoms with Crippen molar-refractivity contribution in [3.63, 3.8) is 0 Å². The summed E-state index contributed by atoms with van der Waals surface area (Å²) >= 11 is 9.60. The first-order valence-electron chi connectivity index (χ1n) is 7.08. The number of hydrogen-bond acceptors (Lipinski definition) is 5. The van der Waals surface area contributed by atoms with Crippen molar-refractivity contribution in [2.45, 2.75) is 0 Å². The van der Waals surface area contributed by atoms with E-state index in [0.29, 0.717) is 4.91 Å². The molecule has 0 unspecified atom stereocenters. The fourth-order valence-electron chi connectivity index (χ4n) is 2.10. The number of hydrogen-bond donors (Lipinski definition) is 2. The number of aromatic hydroxyl groups is 1. The Bertz CT molecular complexity index is 897. The second-order valence-corrected chi connectivity index (χ2v) is 7.32. The predicted molar refractivity (Wildman–Crippen MR) is 105 cm³/mol. The van der Waals surface area contributed by atoms with Gasteiger partial charge in [-0.3, -0.25) is 15.0 Å². The van der Waals surface area contributed by atoms with Gasteiger partial charge in [-0.25, -0.2) is 0 Å². The fraction of sp³-hybridized carbons (Fsp3) is 0. The molecular weight excluding hydrogens is 424 g/mol. The van der Waals surface area contributed by atoms with Crippen LogP contribution in [0.3, 0.4) is 0 Å². The summed E-state index contributed by atoms with van der Waals surface area (Å²) in [4.78, 5) is 25.2. The number of phenolic OH excluding ortho intramolecular Hbond substituents is 1. The van der Waals surface area contributed by atoms with Crippen LogP contribution in [0.4, 0.5) is 4.79 Å². The summed E-state index contributed by atoms with van der Waals surface area (Å²) in [5.74, 6) is -0.782. The maximum Gasteiger partial charge on any atom is 0.310 e. The number of carbonyl (C=O) groups is 2. The number of halogens is 1. The zero-order chi connectivity index (χ0) is 18.0. The van der Waals surface area contributed by atoms with E-state index >= 15 is 0 Å². The third kappa shape index (κ3) is 3.92. The van der Waals surface area contributed by atoms with Gasteiger partial charge < -0.3 is 5.11 Å². The van der Waals surface area contributed by atoms with Crippen molar-refractivity contribution in [2.75, 3.05) is 0 Å². The van der Waals surface area contributed by atoms with Gasteiger partial charge in [-0.05, 0) is 47.7 Å². The van der Waals surface area contributed by atoms with Crippen molar-refractivity contribution in [3.8, 4) is 5.75 Å². The first-order valence-corrected chi connectivity index (χ1v) is 9.10. The van der Waals surface area contributed by atoms with Gasteiger partial charge in [0.2, 0.25) is 0 Å². The highest BCUT2D eigenvalue weighted by molar-refractivity contribution is 9.10. The molecule has 25 heavy (non-hydrogen) atoms. The molecule has 2 aromatic rings. The van der Waals surface area contributed by atoms with Crippen molar-refractivity contribution >= 4 is 62.1 Å². The van der Waals surface area contributed by atoms with Gasteiger partial charge in [0.05, 0.1) is 10.5 Å². The molecule has 2 N–H and O–H groups in total. The van der Waals surface area contributed by atoms with Crippen molar-refractivity contribution in [1.82, 2.24) is 10.4 Å². The average Bonchev–Trinajstić information content (AvgIpc) is 2.85. The van der Waals surface area contributed by atoms with E-state index < -0.39 is 11.1 Å². The van der Waals surface area contributed by atoms with Crippen LogP contribution in [-0.4, -0.2) is 26.3 Å². The fourth-order valence-corrected chi connectivity index (χ4v) is 3.53. The average molecular weight is 435 g/mol. The molecule has 3 rings (SSSR count). The smallest absolute Gasteiger partial charge is 0.310 e. The van der Waals surface area contributed by atoms with E-state index in [4.69, 9.17) is 12.2 Å². The molecule has 0 bridgehead atoms. The summed E-state index contributed by atoms with van der Waals surface area (Å²) in [6.07, 6.45) is 1.78. The Morgan fingerprint density at radius 2 is 1.88 bits per heavy atom. The Hall–Kier alpha value is -2.16. The number of phenols is 1. The number of thioether (sulfide) groups is 1. The Morgan fingerprint density at radius 1 is 1.20 bits per heavy atom. The molecule has 1 fully saturated rings. The summed E-state index contributed by atoms with van der Waals surface area (Å²) in [5.41, 5.74) is 3.38. The summed E-state index contributed by atoms with van der Waals surface area (Å²) in [6.45, 7) is 0. The molecule has 0 spiro atoms. The molecule has 0 aliphatic carbocycles. The molecule has 1 aliphatic heterocycles. The summed E-state index contributed by atoms with van der Waals surface area (Å²) in [5, 5.41) is 10.3. The van der Waals surface area contributed by atoms with Gasteiger partial charge in [-0.15, -0.1) is 0 Å². The number of nitrogens with one attached hydrogen (secondary N) is 1. The van der Waals surface area contributed by atoms with Gasteiger partial charge in [-0.2, -0.15) is 5.01 Å². The molecule has 5 nitrogen and oxygen atoms in total. The molecular formula is C17H11BrN2O3S2. The topological polar surface area (TPSA) is 69.6 Å². The lowest BCUT2D eigenvalue weighted by Gasteiger charge is -2.16. The highest BCUT2D eigenvalue weighted by atomic mass is 79.9. The van der Waals surface area contributed by atoms with Crippen molar-refractivity contribution < 1.29 is 14.7 Å². The van der Waals surface area contributed by atoms with Crippen LogP contribution in [0.5, 0.6) is 5.75 Å². The standard InChI is InChI=1S/C17H11BrN2O3S2/c18-11-7-5-10(6-8-11)9-14-16(24)20(17(23)25-14)19-15(22)12-3-1-2-4-13(12)21/h1-9,21H,(H,19,22). The van der Waals surface area contributed by atoms with E-state index in [9.17, 15) is 14.7 Å². The van der Waals surface area contributed by atoms with Gasteiger partial charge in [0, 0.05) is 4.47 Å². The van der Waals surface area contributed by atoms with E-state index in [1.807, 2.05) is 24.3 Å². The predicted octanol–water partition coefficient (Wildman–Crippen LogP) is 4.34. The molecule has 1 aliphatic rings. The number of hydrazine groups is 1. The quantitative estimate of drug-likeness (QED) is 0.555. The normalized spacial score (nSPS) is 15.7. The second-order valence-electron chi connectivity index (χ2n) is 5.03. The van der Waals surface area contributed by atoms with E-state index in [1.54, 1.807) is 18.2 Å². The number of para-hydroxylation sites is 1. The van der Waals surface area contributed by atoms with E-state index in [2.05, 4.69) is 21.4 Å². The van der Waals surface area contributed by atoms with Crippen LogP contribution in [0.1, 0.15) is 15.9 Å². The van der Waals surface area contributed by atoms with E-state index in [-0.39, 0.29) is 16.3 Å². The Kier molecular flexibility index (Phi) is 5.22.